The molecule has 1 aliphatic heterocycles. The summed E-state index contributed by atoms with van der Waals surface area (Å²) in [4.78, 5) is 11.8. The molecule has 88 valence electrons. The SMILES string of the molecule is CC(C)(C)OC(=O)c1nnc2n1CCNC2. The van der Waals surface area contributed by atoms with Crippen molar-refractivity contribution >= 4 is 5.97 Å². The first-order valence-corrected chi connectivity index (χ1v) is 5.33. The van der Waals surface area contributed by atoms with E-state index in [9.17, 15) is 4.79 Å². The zero-order valence-electron chi connectivity index (χ0n) is 9.78. The van der Waals surface area contributed by atoms with Crippen molar-refractivity contribution in [2.75, 3.05) is 6.54 Å². The fourth-order valence-electron chi connectivity index (χ4n) is 1.57. The molecule has 0 aromatic carbocycles. The summed E-state index contributed by atoms with van der Waals surface area (Å²) >= 11 is 0. The summed E-state index contributed by atoms with van der Waals surface area (Å²) in [6.07, 6.45) is 0. The second kappa shape index (κ2) is 3.86. The number of hydrogen-bond donors (Lipinski definition) is 1. The normalized spacial score (nSPS) is 15.7. The molecule has 2 rings (SSSR count). The molecule has 0 bridgehead atoms. The van der Waals surface area contributed by atoms with E-state index >= 15 is 0 Å². The Morgan fingerprint density at radius 3 is 2.88 bits per heavy atom. The Balaban J connectivity index is 2.21. The molecule has 0 aliphatic carbocycles. The van der Waals surface area contributed by atoms with Gasteiger partial charge in [-0.25, -0.2) is 4.79 Å². The zero-order valence-corrected chi connectivity index (χ0v) is 9.78. The van der Waals surface area contributed by atoms with E-state index in [1.54, 1.807) is 0 Å². The summed E-state index contributed by atoms with van der Waals surface area (Å²) < 4.78 is 7.08. The first-order valence-electron chi connectivity index (χ1n) is 5.33. The third kappa shape index (κ3) is 2.21. The average Bonchev–Trinajstić information content (AvgIpc) is 2.58. The molecule has 16 heavy (non-hydrogen) atoms. The maximum Gasteiger partial charge on any atom is 0.377 e. The van der Waals surface area contributed by atoms with Crippen LogP contribution >= 0.6 is 0 Å². The van der Waals surface area contributed by atoms with Crippen LogP contribution in [0.2, 0.25) is 0 Å². The van der Waals surface area contributed by atoms with Gasteiger partial charge in [0.25, 0.3) is 0 Å². The van der Waals surface area contributed by atoms with Crippen LogP contribution in [0.4, 0.5) is 0 Å². The van der Waals surface area contributed by atoms with Crippen LogP contribution in [0.1, 0.15) is 37.2 Å². The van der Waals surface area contributed by atoms with E-state index in [-0.39, 0.29) is 0 Å². The predicted molar refractivity (Wildman–Crippen MR) is 56.9 cm³/mol. The summed E-state index contributed by atoms with van der Waals surface area (Å²) in [6, 6.07) is 0. The third-order valence-corrected chi connectivity index (χ3v) is 2.20. The van der Waals surface area contributed by atoms with E-state index in [2.05, 4.69) is 15.5 Å². The number of rotatable bonds is 1. The van der Waals surface area contributed by atoms with Crippen LogP contribution in [-0.2, 0) is 17.8 Å². The molecule has 2 heterocycles. The van der Waals surface area contributed by atoms with Crippen LogP contribution in [0, 0.1) is 0 Å². The van der Waals surface area contributed by atoms with Gasteiger partial charge in [0, 0.05) is 13.1 Å². The minimum absolute atomic E-state index is 0.298. The van der Waals surface area contributed by atoms with Gasteiger partial charge in [0.15, 0.2) is 0 Å². The molecule has 0 unspecified atom stereocenters. The van der Waals surface area contributed by atoms with Crippen molar-refractivity contribution in [1.82, 2.24) is 20.1 Å². The van der Waals surface area contributed by atoms with Gasteiger partial charge < -0.3 is 14.6 Å². The Kier molecular flexibility index (Phi) is 2.67. The van der Waals surface area contributed by atoms with Gasteiger partial charge in [-0.1, -0.05) is 0 Å². The van der Waals surface area contributed by atoms with E-state index in [4.69, 9.17) is 4.74 Å². The lowest BCUT2D eigenvalue weighted by Crippen LogP contribution is -2.31. The summed E-state index contributed by atoms with van der Waals surface area (Å²) in [5.74, 6) is 0.673. The number of esters is 1. The third-order valence-electron chi connectivity index (χ3n) is 2.20. The van der Waals surface area contributed by atoms with E-state index in [1.165, 1.54) is 0 Å². The van der Waals surface area contributed by atoms with Gasteiger partial charge >= 0.3 is 5.97 Å². The molecule has 6 nitrogen and oxygen atoms in total. The van der Waals surface area contributed by atoms with Crippen LogP contribution in [0.25, 0.3) is 0 Å². The van der Waals surface area contributed by atoms with Crippen LogP contribution in [0.15, 0.2) is 0 Å². The van der Waals surface area contributed by atoms with Gasteiger partial charge in [-0.05, 0) is 20.8 Å². The van der Waals surface area contributed by atoms with Crippen molar-refractivity contribution in [3.63, 3.8) is 0 Å². The van der Waals surface area contributed by atoms with Gasteiger partial charge in [-0.15, -0.1) is 10.2 Å². The van der Waals surface area contributed by atoms with Crippen molar-refractivity contribution in [2.24, 2.45) is 0 Å². The molecule has 1 aromatic heterocycles. The number of ether oxygens (including phenoxy) is 1. The quantitative estimate of drug-likeness (QED) is 0.696. The Bertz CT molecular complexity index is 405. The molecule has 0 radical (unpaired) electrons. The number of carbonyl (C=O) groups excluding carboxylic acids is 1. The predicted octanol–water partition coefficient (Wildman–Crippen LogP) is 0.337. The highest BCUT2D eigenvalue weighted by Crippen LogP contribution is 2.12. The maximum absolute atomic E-state index is 11.8. The van der Waals surface area contributed by atoms with E-state index in [0.29, 0.717) is 18.9 Å². The molecule has 0 amide bonds. The zero-order chi connectivity index (χ0) is 11.8. The number of nitrogens with zero attached hydrogens (tertiary/aromatic N) is 3. The molecule has 0 spiro atoms. The minimum atomic E-state index is -0.504. The minimum Gasteiger partial charge on any atom is -0.454 e. The van der Waals surface area contributed by atoms with Crippen molar-refractivity contribution in [1.29, 1.82) is 0 Å². The number of aromatic nitrogens is 3. The molecular formula is C10H16N4O2. The van der Waals surface area contributed by atoms with Crippen LogP contribution in [0.5, 0.6) is 0 Å². The van der Waals surface area contributed by atoms with Crippen molar-refractivity contribution < 1.29 is 9.53 Å². The lowest BCUT2D eigenvalue weighted by molar-refractivity contribution is 0.00492. The smallest absolute Gasteiger partial charge is 0.377 e. The average molecular weight is 224 g/mol. The molecule has 0 fully saturated rings. The van der Waals surface area contributed by atoms with E-state index in [1.807, 2.05) is 25.3 Å². The highest BCUT2D eigenvalue weighted by molar-refractivity contribution is 5.85. The van der Waals surface area contributed by atoms with E-state index in [0.717, 1.165) is 12.4 Å². The standard InChI is InChI=1S/C10H16N4O2/c1-10(2,3)16-9(15)8-13-12-7-6-11-4-5-14(7)8/h11H,4-6H2,1-3H3. The second-order valence-corrected chi connectivity index (χ2v) is 4.77. The highest BCUT2D eigenvalue weighted by atomic mass is 16.6. The van der Waals surface area contributed by atoms with Gasteiger partial charge in [0.05, 0.1) is 6.54 Å². The molecule has 0 atom stereocenters. The Labute approximate surface area is 94.0 Å². The largest absolute Gasteiger partial charge is 0.454 e. The topological polar surface area (TPSA) is 69.0 Å². The molecule has 0 saturated heterocycles. The van der Waals surface area contributed by atoms with Crippen molar-refractivity contribution in [3.05, 3.63) is 11.6 Å². The van der Waals surface area contributed by atoms with Gasteiger partial charge in [0.1, 0.15) is 11.4 Å². The van der Waals surface area contributed by atoms with Gasteiger partial charge in [-0.2, -0.15) is 0 Å². The first-order chi connectivity index (χ1) is 7.47. The summed E-state index contributed by atoms with van der Waals surface area (Å²) in [6.45, 7) is 7.67. The second-order valence-electron chi connectivity index (χ2n) is 4.77. The summed E-state index contributed by atoms with van der Waals surface area (Å²) in [5.41, 5.74) is -0.504. The van der Waals surface area contributed by atoms with Crippen LogP contribution < -0.4 is 5.32 Å². The number of fused-ring (bicyclic) bond motifs is 1. The lowest BCUT2D eigenvalue weighted by atomic mass is 10.2. The monoisotopic (exact) mass is 224 g/mol. The number of nitrogens with one attached hydrogen (secondary N) is 1. The maximum atomic E-state index is 11.8. The van der Waals surface area contributed by atoms with E-state index < -0.39 is 11.6 Å². The van der Waals surface area contributed by atoms with Crippen LogP contribution in [-0.4, -0.2) is 32.9 Å². The number of hydrogen-bond acceptors (Lipinski definition) is 5. The molecule has 1 aliphatic rings. The van der Waals surface area contributed by atoms with Gasteiger partial charge in [0.2, 0.25) is 5.82 Å². The molecule has 6 heteroatoms. The van der Waals surface area contributed by atoms with Gasteiger partial charge in [-0.3, -0.25) is 0 Å². The Hall–Kier alpha value is -1.43. The van der Waals surface area contributed by atoms with Crippen molar-refractivity contribution in [2.45, 2.75) is 39.5 Å². The first kappa shape index (κ1) is 11.1. The highest BCUT2D eigenvalue weighted by Gasteiger charge is 2.25. The molecule has 1 aromatic rings. The fraction of sp³-hybridized carbons (Fsp3) is 0.700. The Morgan fingerprint density at radius 1 is 1.44 bits per heavy atom. The van der Waals surface area contributed by atoms with Crippen molar-refractivity contribution in [3.8, 4) is 0 Å². The molecule has 1 N–H and O–H groups in total. The van der Waals surface area contributed by atoms with Crippen LogP contribution in [0.3, 0.4) is 0 Å². The molecular weight excluding hydrogens is 208 g/mol. The summed E-state index contributed by atoms with van der Waals surface area (Å²) in [5, 5.41) is 11.0. The lowest BCUT2D eigenvalue weighted by Gasteiger charge is -2.20. The molecule has 0 saturated carbocycles. The Morgan fingerprint density at radius 2 is 2.19 bits per heavy atom. The summed E-state index contributed by atoms with van der Waals surface area (Å²) in [7, 11) is 0. The number of carbonyl (C=O) groups is 1. The fourth-order valence-corrected chi connectivity index (χ4v) is 1.57.